The molecule has 2 aliphatic rings. The molecule has 0 saturated carbocycles. The van der Waals surface area contributed by atoms with Crippen molar-refractivity contribution in [2.45, 2.75) is 31.1 Å². The summed E-state index contributed by atoms with van der Waals surface area (Å²) in [6.07, 6.45) is 1.89. The second kappa shape index (κ2) is 6.02. The van der Waals surface area contributed by atoms with Crippen molar-refractivity contribution in [3.8, 4) is 5.75 Å². The number of ether oxygens (including phenoxy) is 1. The van der Waals surface area contributed by atoms with E-state index in [2.05, 4.69) is 4.72 Å². The lowest BCUT2D eigenvalue weighted by molar-refractivity contribution is -0.117. The van der Waals surface area contributed by atoms with Crippen LogP contribution in [0, 0.1) is 6.92 Å². The minimum Gasteiger partial charge on any atom is -0.495 e. The predicted molar refractivity (Wildman–Crippen MR) is 99.4 cm³/mol. The Kier molecular flexibility index (Phi) is 3.91. The molecule has 0 bridgehead atoms. The molecule has 0 fully saturated rings. The average Bonchev–Trinajstić information content (AvgIpc) is 2.92. The first-order valence-electron chi connectivity index (χ1n) is 8.52. The third-order valence-electron chi connectivity index (χ3n) is 4.89. The number of benzene rings is 2. The quantitative estimate of drug-likeness (QED) is 0.895. The SMILES string of the molecule is COc1ccc(C)cc1NS(=O)(=O)c1cc2c3c(c1)CC(=O)N3CCC2. The number of carbonyl (C=O) groups excluding carboxylic acids is 1. The lowest BCUT2D eigenvalue weighted by Gasteiger charge is -2.26. The van der Waals surface area contributed by atoms with E-state index in [9.17, 15) is 13.2 Å². The number of aryl methyl sites for hydroxylation is 2. The number of nitrogens with zero attached hydrogens (tertiary/aromatic N) is 1. The minimum absolute atomic E-state index is 0.0452. The maximum Gasteiger partial charge on any atom is 0.262 e. The van der Waals surface area contributed by atoms with Gasteiger partial charge in [-0.15, -0.1) is 0 Å². The minimum atomic E-state index is -3.79. The van der Waals surface area contributed by atoms with Gasteiger partial charge in [0.05, 0.1) is 29.8 Å². The first kappa shape index (κ1) is 16.9. The summed E-state index contributed by atoms with van der Waals surface area (Å²) < 4.78 is 33.8. The Morgan fingerprint density at radius 1 is 1.15 bits per heavy atom. The van der Waals surface area contributed by atoms with Crippen molar-refractivity contribution >= 4 is 27.3 Å². The van der Waals surface area contributed by atoms with Crippen LogP contribution in [0.4, 0.5) is 11.4 Å². The van der Waals surface area contributed by atoms with Gasteiger partial charge in [0.1, 0.15) is 5.75 Å². The van der Waals surface area contributed by atoms with Crippen LogP contribution in [0.2, 0.25) is 0 Å². The molecular formula is C19H20N2O4S. The van der Waals surface area contributed by atoms with Crippen LogP contribution >= 0.6 is 0 Å². The van der Waals surface area contributed by atoms with Gasteiger partial charge in [-0.25, -0.2) is 8.42 Å². The van der Waals surface area contributed by atoms with Gasteiger partial charge in [-0.2, -0.15) is 0 Å². The van der Waals surface area contributed by atoms with Gasteiger partial charge in [-0.3, -0.25) is 9.52 Å². The van der Waals surface area contributed by atoms with Crippen LogP contribution in [-0.4, -0.2) is 28.0 Å². The van der Waals surface area contributed by atoms with E-state index in [1.807, 2.05) is 13.0 Å². The fourth-order valence-electron chi connectivity index (χ4n) is 3.71. The van der Waals surface area contributed by atoms with E-state index in [-0.39, 0.29) is 17.2 Å². The van der Waals surface area contributed by atoms with Crippen LogP contribution in [0.1, 0.15) is 23.1 Å². The third-order valence-corrected chi connectivity index (χ3v) is 6.24. The van der Waals surface area contributed by atoms with Crippen molar-refractivity contribution in [3.05, 3.63) is 47.0 Å². The van der Waals surface area contributed by atoms with Crippen molar-refractivity contribution in [1.29, 1.82) is 0 Å². The summed E-state index contributed by atoms with van der Waals surface area (Å²) in [4.78, 5) is 14.1. The number of methoxy groups -OCH3 is 1. The average molecular weight is 372 g/mol. The van der Waals surface area contributed by atoms with Gasteiger partial charge in [0.25, 0.3) is 10.0 Å². The smallest absolute Gasteiger partial charge is 0.262 e. The van der Waals surface area contributed by atoms with E-state index in [4.69, 9.17) is 4.74 Å². The number of sulfonamides is 1. The van der Waals surface area contributed by atoms with Crippen LogP contribution < -0.4 is 14.4 Å². The van der Waals surface area contributed by atoms with E-state index >= 15 is 0 Å². The van der Waals surface area contributed by atoms with Gasteiger partial charge in [0, 0.05) is 6.54 Å². The van der Waals surface area contributed by atoms with E-state index in [1.165, 1.54) is 7.11 Å². The zero-order valence-electron chi connectivity index (χ0n) is 14.7. The highest BCUT2D eigenvalue weighted by atomic mass is 32.2. The van der Waals surface area contributed by atoms with Crippen molar-refractivity contribution in [3.63, 3.8) is 0 Å². The summed E-state index contributed by atoms with van der Waals surface area (Å²) >= 11 is 0. The molecule has 0 atom stereocenters. The summed E-state index contributed by atoms with van der Waals surface area (Å²) in [5.41, 5.74) is 3.96. The van der Waals surface area contributed by atoms with Crippen molar-refractivity contribution < 1.29 is 17.9 Å². The summed E-state index contributed by atoms with van der Waals surface area (Å²) in [5, 5.41) is 0. The molecule has 2 heterocycles. The van der Waals surface area contributed by atoms with Crippen molar-refractivity contribution in [2.75, 3.05) is 23.3 Å². The summed E-state index contributed by atoms with van der Waals surface area (Å²) in [6.45, 7) is 2.60. The number of hydrogen-bond donors (Lipinski definition) is 1. The molecule has 0 unspecified atom stereocenters. The Hall–Kier alpha value is -2.54. The Bertz CT molecular complexity index is 1010. The Balaban J connectivity index is 1.75. The molecule has 4 rings (SSSR count). The number of nitrogens with one attached hydrogen (secondary N) is 1. The van der Waals surface area contributed by atoms with Gasteiger partial charge < -0.3 is 9.64 Å². The lowest BCUT2D eigenvalue weighted by Crippen LogP contribution is -2.31. The molecule has 2 aromatic carbocycles. The Morgan fingerprint density at radius 3 is 2.69 bits per heavy atom. The topological polar surface area (TPSA) is 75.7 Å². The van der Waals surface area contributed by atoms with Crippen LogP contribution in [0.15, 0.2) is 35.2 Å². The molecule has 0 aliphatic carbocycles. The van der Waals surface area contributed by atoms with E-state index in [0.717, 1.165) is 35.2 Å². The predicted octanol–water partition coefficient (Wildman–Crippen LogP) is 2.64. The molecule has 1 amide bonds. The number of carbonyl (C=O) groups is 1. The third kappa shape index (κ3) is 2.72. The molecule has 0 saturated heterocycles. The molecule has 0 radical (unpaired) electrons. The largest absolute Gasteiger partial charge is 0.495 e. The second-order valence-electron chi connectivity index (χ2n) is 6.73. The highest BCUT2D eigenvalue weighted by Crippen LogP contribution is 2.39. The molecule has 1 N–H and O–H groups in total. The number of amides is 1. The molecule has 136 valence electrons. The maximum absolute atomic E-state index is 13.0. The first-order valence-corrected chi connectivity index (χ1v) is 10.0. The van der Waals surface area contributed by atoms with Crippen LogP contribution in [0.25, 0.3) is 0 Å². The van der Waals surface area contributed by atoms with Gasteiger partial charge in [0.2, 0.25) is 5.91 Å². The molecule has 0 spiro atoms. The molecule has 2 aliphatic heterocycles. The van der Waals surface area contributed by atoms with Crippen LogP contribution in [0.5, 0.6) is 5.75 Å². The maximum atomic E-state index is 13.0. The van der Waals surface area contributed by atoms with Crippen LogP contribution in [0.3, 0.4) is 0 Å². The molecule has 6 nitrogen and oxygen atoms in total. The monoisotopic (exact) mass is 372 g/mol. The molecule has 0 aromatic heterocycles. The molecule has 26 heavy (non-hydrogen) atoms. The van der Waals surface area contributed by atoms with Crippen molar-refractivity contribution in [1.82, 2.24) is 0 Å². The van der Waals surface area contributed by atoms with Crippen LogP contribution in [-0.2, 0) is 27.7 Å². The first-order chi connectivity index (χ1) is 12.4. The zero-order valence-corrected chi connectivity index (χ0v) is 15.5. The molecular weight excluding hydrogens is 352 g/mol. The lowest BCUT2D eigenvalue weighted by atomic mass is 10.0. The number of hydrogen-bond acceptors (Lipinski definition) is 4. The highest BCUT2D eigenvalue weighted by molar-refractivity contribution is 7.92. The van der Waals surface area contributed by atoms with Gasteiger partial charge in [-0.05, 0) is 60.7 Å². The standard InChI is InChI=1S/C19H20N2O4S/c1-12-5-6-17(25-2)16(8-12)20-26(23,24)15-9-13-4-3-7-21-18(22)11-14(10-15)19(13)21/h5-6,8-10,20H,3-4,7,11H2,1-2H3. The Morgan fingerprint density at radius 2 is 1.92 bits per heavy atom. The van der Waals surface area contributed by atoms with Gasteiger partial charge in [0.15, 0.2) is 0 Å². The summed E-state index contributed by atoms with van der Waals surface area (Å²) in [5.74, 6) is 0.506. The normalized spacial score (nSPS) is 15.8. The van der Waals surface area contributed by atoms with Gasteiger partial charge >= 0.3 is 0 Å². The van der Waals surface area contributed by atoms with E-state index in [1.54, 1.807) is 29.2 Å². The number of rotatable bonds is 4. The highest BCUT2D eigenvalue weighted by Gasteiger charge is 2.33. The Labute approximate surface area is 152 Å². The fraction of sp³-hybridized carbons (Fsp3) is 0.316. The fourth-order valence-corrected chi connectivity index (χ4v) is 4.87. The zero-order chi connectivity index (χ0) is 18.5. The molecule has 7 heteroatoms. The van der Waals surface area contributed by atoms with E-state index < -0.39 is 10.0 Å². The summed E-state index contributed by atoms with van der Waals surface area (Å²) in [7, 11) is -2.29. The van der Waals surface area contributed by atoms with E-state index in [0.29, 0.717) is 18.0 Å². The van der Waals surface area contributed by atoms with Gasteiger partial charge in [-0.1, -0.05) is 6.07 Å². The molecule has 2 aromatic rings. The summed E-state index contributed by atoms with van der Waals surface area (Å²) in [6, 6.07) is 8.63. The van der Waals surface area contributed by atoms with Crippen molar-refractivity contribution in [2.24, 2.45) is 0 Å². The number of anilines is 2. The second-order valence-corrected chi connectivity index (χ2v) is 8.41.